The third-order valence-corrected chi connectivity index (χ3v) is 2.69. The molecule has 1 fully saturated rings. The highest BCUT2D eigenvalue weighted by atomic mass is 16.2. The maximum atomic E-state index is 11.6. The first kappa shape index (κ1) is 7.73. The van der Waals surface area contributed by atoms with Crippen molar-refractivity contribution in [3.63, 3.8) is 0 Å². The van der Waals surface area contributed by atoms with Crippen LogP contribution < -0.4 is 5.32 Å². The second kappa shape index (κ2) is 2.29. The molecule has 0 radical (unpaired) electrons. The van der Waals surface area contributed by atoms with E-state index in [1.807, 2.05) is 6.92 Å². The number of carbonyl (C=O) groups is 1. The summed E-state index contributed by atoms with van der Waals surface area (Å²) in [5, 5.41) is 8.90. The zero-order chi connectivity index (χ0) is 8.77. The fourth-order valence-electron chi connectivity index (χ4n) is 1.87. The number of hydrogen-bond donors (Lipinski definition) is 1. The van der Waals surface area contributed by atoms with Gasteiger partial charge in [-0.3, -0.25) is 4.79 Å². The van der Waals surface area contributed by atoms with Crippen molar-refractivity contribution in [2.75, 3.05) is 20.1 Å². The molecule has 0 aromatic rings. The molecule has 0 saturated carbocycles. The smallest absolute Gasteiger partial charge is 0.255 e. The Balaban J connectivity index is 2.36. The normalized spacial score (nSPS) is 35.0. The summed E-state index contributed by atoms with van der Waals surface area (Å²) >= 11 is 0. The zero-order valence-electron chi connectivity index (χ0n) is 7.42. The van der Waals surface area contributed by atoms with E-state index < -0.39 is 0 Å². The summed E-state index contributed by atoms with van der Waals surface area (Å²) < 4.78 is 0. The Kier molecular flexibility index (Phi) is 1.48. The Bertz CT molecular complexity index is 261. The van der Waals surface area contributed by atoms with Crippen LogP contribution in [0.2, 0.25) is 0 Å². The molecule has 0 bridgehead atoms. The van der Waals surface area contributed by atoms with E-state index >= 15 is 0 Å². The third kappa shape index (κ3) is 0.813. The van der Waals surface area contributed by atoms with Crippen molar-refractivity contribution < 1.29 is 4.79 Å². The van der Waals surface area contributed by atoms with Gasteiger partial charge in [0.1, 0.15) is 5.41 Å². The summed E-state index contributed by atoms with van der Waals surface area (Å²) in [6, 6.07) is 0. The molecule has 0 aliphatic carbocycles. The highest BCUT2D eigenvalue weighted by Crippen LogP contribution is 2.30. The minimum absolute atomic E-state index is 0.115. The van der Waals surface area contributed by atoms with Crippen molar-refractivity contribution in [1.82, 2.24) is 10.3 Å². The fourth-order valence-corrected chi connectivity index (χ4v) is 1.87. The van der Waals surface area contributed by atoms with Crippen molar-refractivity contribution in [2.24, 2.45) is 10.5 Å². The van der Waals surface area contributed by atoms with Crippen molar-refractivity contribution in [3.05, 3.63) is 0 Å². The second-order valence-electron chi connectivity index (χ2n) is 3.63. The standard InChI is InChI=1S/C8H13N3O/c1-8-5-9-4-3-6(8)10-11(2)7(8)12/h9H,3-5H2,1-2H3/t8-/m0/s1. The fraction of sp³-hybridized carbons (Fsp3) is 0.750. The maximum absolute atomic E-state index is 11.6. The van der Waals surface area contributed by atoms with Gasteiger partial charge in [0.25, 0.3) is 5.91 Å². The van der Waals surface area contributed by atoms with Gasteiger partial charge in [-0.25, -0.2) is 5.01 Å². The molecule has 1 N–H and O–H groups in total. The summed E-state index contributed by atoms with van der Waals surface area (Å²) in [6.45, 7) is 3.63. The lowest BCUT2D eigenvalue weighted by Gasteiger charge is -2.28. The Hall–Kier alpha value is -0.900. The SMILES string of the molecule is CN1N=C2CCNC[C@]2(C)C1=O. The van der Waals surface area contributed by atoms with Crippen LogP contribution in [0.5, 0.6) is 0 Å². The van der Waals surface area contributed by atoms with E-state index in [4.69, 9.17) is 0 Å². The van der Waals surface area contributed by atoms with E-state index in [1.165, 1.54) is 5.01 Å². The number of fused-ring (bicyclic) bond motifs is 1. The summed E-state index contributed by atoms with van der Waals surface area (Å²) in [7, 11) is 1.72. The minimum Gasteiger partial charge on any atom is -0.315 e. The number of amides is 1. The van der Waals surface area contributed by atoms with E-state index in [-0.39, 0.29) is 11.3 Å². The average molecular weight is 167 g/mol. The van der Waals surface area contributed by atoms with E-state index in [9.17, 15) is 4.79 Å². The molecular weight excluding hydrogens is 154 g/mol. The van der Waals surface area contributed by atoms with Crippen LogP contribution in [0.4, 0.5) is 0 Å². The van der Waals surface area contributed by atoms with Crippen molar-refractivity contribution in [2.45, 2.75) is 13.3 Å². The number of carbonyl (C=O) groups excluding carboxylic acids is 1. The van der Waals surface area contributed by atoms with Crippen molar-refractivity contribution in [3.8, 4) is 0 Å². The van der Waals surface area contributed by atoms with Crippen molar-refractivity contribution in [1.29, 1.82) is 0 Å². The van der Waals surface area contributed by atoms with E-state index in [0.717, 1.165) is 25.2 Å². The van der Waals surface area contributed by atoms with E-state index in [0.29, 0.717) is 0 Å². The molecule has 0 aromatic carbocycles. The van der Waals surface area contributed by atoms with Crippen LogP contribution in [0, 0.1) is 5.41 Å². The highest BCUT2D eigenvalue weighted by molar-refractivity contribution is 6.12. The first-order valence-corrected chi connectivity index (χ1v) is 4.21. The molecule has 2 aliphatic heterocycles. The van der Waals surface area contributed by atoms with Gasteiger partial charge in [-0.1, -0.05) is 0 Å². The summed E-state index contributed by atoms with van der Waals surface area (Å²) in [6.07, 6.45) is 0.895. The molecule has 4 nitrogen and oxygen atoms in total. The highest BCUT2D eigenvalue weighted by Gasteiger charge is 2.46. The van der Waals surface area contributed by atoms with Crippen LogP contribution in [0.25, 0.3) is 0 Å². The molecular formula is C8H13N3O. The maximum Gasteiger partial charge on any atom is 0.255 e. The lowest BCUT2D eigenvalue weighted by Crippen LogP contribution is -2.48. The van der Waals surface area contributed by atoms with Crippen LogP contribution in [0.3, 0.4) is 0 Å². The molecule has 1 atom stereocenters. The largest absolute Gasteiger partial charge is 0.315 e. The van der Waals surface area contributed by atoms with Gasteiger partial charge in [-0.05, 0) is 6.92 Å². The van der Waals surface area contributed by atoms with Gasteiger partial charge in [0, 0.05) is 26.6 Å². The van der Waals surface area contributed by atoms with Gasteiger partial charge in [-0.15, -0.1) is 0 Å². The van der Waals surface area contributed by atoms with Crippen LogP contribution in [-0.2, 0) is 4.79 Å². The zero-order valence-corrected chi connectivity index (χ0v) is 7.42. The van der Waals surface area contributed by atoms with Gasteiger partial charge < -0.3 is 5.32 Å². The lowest BCUT2D eigenvalue weighted by atomic mass is 9.81. The first-order valence-electron chi connectivity index (χ1n) is 4.21. The van der Waals surface area contributed by atoms with Gasteiger partial charge in [0.15, 0.2) is 0 Å². The van der Waals surface area contributed by atoms with Crippen LogP contribution >= 0.6 is 0 Å². The third-order valence-electron chi connectivity index (χ3n) is 2.69. The number of nitrogens with one attached hydrogen (secondary N) is 1. The molecule has 2 heterocycles. The van der Waals surface area contributed by atoms with Crippen LogP contribution in [-0.4, -0.2) is 36.8 Å². The van der Waals surface area contributed by atoms with Crippen LogP contribution in [0.15, 0.2) is 5.10 Å². The quantitative estimate of drug-likeness (QED) is 0.543. The molecule has 1 amide bonds. The molecule has 0 spiro atoms. The summed E-state index contributed by atoms with van der Waals surface area (Å²) in [5.74, 6) is 0.115. The number of piperidine rings is 1. The molecule has 66 valence electrons. The number of hydrazone groups is 1. The minimum atomic E-state index is -0.354. The Labute approximate surface area is 71.6 Å². The number of nitrogens with zero attached hydrogens (tertiary/aromatic N) is 2. The molecule has 0 unspecified atom stereocenters. The van der Waals surface area contributed by atoms with Crippen LogP contribution in [0.1, 0.15) is 13.3 Å². The van der Waals surface area contributed by atoms with Gasteiger partial charge in [-0.2, -0.15) is 5.10 Å². The second-order valence-corrected chi connectivity index (χ2v) is 3.63. The van der Waals surface area contributed by atoms with Gasteiger partial charge in [0.05, 0.1) is 5.71 Å². The monoisotopic (exact) mass is 167 g/mol. The van der Waals surface area contributed by atoms with Gasteiger partial charge in [0.2, 0.25) is 0 Å². The summed E-state index contributed by atoms with van der Waals surface area (Å²) in [5.41, 5.74) is 0.682. The molecule has 2 aliphatic rings. The van der Waals surface area contributed by atoms with E-state index in [1.54, 1.807) is 7.05 Å². The molecule has 12 heavy (non-hydrogen) atoms. The average Bonchev–Trinajstić information content (AvgIpc) is 2.28. The Morgan fingerprint density at radius 3 is 3.08 bits per heavy atom. The molecule has 0 aromatic heterocycles. The van der Waals surface area contributed by atoms with E-state index in [2.05, 4.69) is 10.4 Å². The molecule has 1 saturated heterocycles. The predicted molar refractivity (Wildman–Crippen MR) is 45.8 cm³/mol. The molecule has 4 heteroatoms. The summed E-state index contributed by atoms with van der Waals surface area (Å²) in [4.78, 5) is 11.6. The van der Waals surface area contributed by atoms with Crippen molar-refractivity contribution >= 4 is 11.6 Å². The van der Waals surface area contributed by atoms with Gasteiger partial charge >= 0.3 is 0 Å². The first-order chi connectivity index (χ1) is 5.64. The predicted octanol–water partition coefficient (Wildman–Crippen LogP) is -0.186. The topological polar surface area (TPSA) is 44.7 Å². The Morgan fingerprint density at radius 2 is 2.42 bits per heavy atom. The number of hydrogen-bond acceptors (Lipinski definition) is 3. The number of rotatable bonds is 0. The molecule has 2 rings (SSSR count). The lowest BCUT2D eigenvalue weighted by molar-refractivity contribution is -0.134. The Morgan fingerprint density at radius 1 is 1.67 bits per heavy atom.